The largest absolute Gasteiger partial charge is 0.478 e. The van der Waals surface area contributed by atoms with Crippen molar-refractivity contribution in [2.24, 2.45) is 0 Å². The van der Waals surface area contributed by atoms with Gasteiger partial charge in [0.25, 0.3) is 5.91 Å². The maximum absolute atomic E-state index is 12.2. The molecule has 0 saturated carbocycles. The summed E-state index contributed by atoms with van der Waals surface area (Å²) < 4.78 is 1.03. The fourth-order valence-electron chi connectivity index (χ4n) is 1.83. The second kappa shape index (κ2) is 5.07. The van der Waals surface area contributed by atoms with E-state index < -0.39 is 5.97 Å². The van der Waals surface area contributed by atoms with Gasteiger partial charge in [0.05, 0.1) is 10.4 Å². The van der Waals surface area contributed by atoms with E-state index in [0.29, 0.717) is 9.88 Å². The van der Waals surface area contributed by atoms with Gasteiger partial charge in [-0.1, -0.05) is 18.2 Å². The first-order valence-corrected chi connectivity index (χ1v) is 7.45. The van der Waals surface area contributed by atoms with Gasteiger partial charge in [0.2, 0.25) is 0 Å². The monoisotopic (exact) mass is 303 g/mol. The lowest BCUT2D eigenvalue weighted by atomic mass is 10.2. The minimum Gasteiger partial charge on any atom is -0.478 e. The number of anilines is 1. The molecule has 4 nitrogen and oxygen atoms in total. The van der Waals surface area contributed by atoms with Gasteiger partial charge in [-0.2, -0.15) is 0 Å². The molecular weight excluding hydrogens is 294 g/mol. The zero-order chi connectivity index (χ0) is 14.1. The van der Waals surface area contributed by atoms with Gasteiger partial charge in [-0.05, 0) is 29.0 Å². The molecule has 20 heavy (non-hydrogen) atoms. The fourth-order valence-corrected chi connectivity index (χ4v) is 3.57. The first-order chi connectivity index (χ1) is 9.65. The second-order valence-electron chi connectivity index (χ2n) is 4.07. The molecule has 1 aromatic carbocycles. The van der Waals surface area contributed by atoms with Gasteiger partial charge in [-0.3, -0.25) is 4.79 Å². The van der Waals surface area contributed by atoms with E-state index in [1.54, 1.807) is 5.38 Å². The van der Waals surface area contributed by atoms with Crippen LogP contribution in [0.15, 0.2) is 41.8 Å². The van der Waals surface area contributed by atoms with Crippen molar-refractivity contribution in [1.82, 2.24) is 0 Å². The lowest BCUT2D eigenvalue weighted by Gasteiger charge is -2.01. The van der Waals surface area contributed by atoms with Gasteiger partial charge in [-0.25, -0.2) is 4.79 Å². The number of carbonyl (C=O) groups is 2. The number of fused-ring (bicyclic) bond motifs is 1. The van der Waals surface area contributed by atoms with Crippen molar-refractivity contribution >= 4 is 49.6 Å². The molecule has 0 bridgehead atoms. The van der Waals surface area contributed by atoms with Crippen LogP contribution in [0, 0.1) is 0 Å². The average molecular weight is 303 g/mol. The molecule has 3 rings (SSSR count). The standard InChI is InChI=1S/C14H9NO3S2/c16-12(15-13-9(14(17)18)5-6-19-13)11-7-8-3-1-2-4-10(8)20-11/h1-7H,(H,15,16)(H,17,18). The normalized spacial score (nSPS) is 10.6. The topological polar surface area (TPSA) is 66.4 Å². The van der Waals surface area contributed by atoms with E-state index in [1.807, 2.05) is 30.3 Å². The van der Waals surface area contributed by atoms with E-state index in [-0.39, 0.29) is 11.5 Å². The van der Waals surface area contributed by atoms with Gasteiger partial charge < -0.3 is 10.4 Å². The molecule has 0 spiro atoms. The maximum Gasteiger partial charge on any atom is 0.338 e. The van der Waals surface area contributed by atoms with Crippen LogP contribution in [0.2, 0.25) is 0 Å². The predicted molar refractivity (Wildman–Crippen MR) is 81.1 cm³/mol. The summed E-state index contributed by atoms with van der Waals surface area (Å²) >= 11 is 2.59. The predicted octanol–water partition coefficient (Wildman–Crippen LogP) is 3.91. The summed E-state index contributed by atoms with van der Waals surface area (Å²) in [7, 11) is 0. The Kier molecular flexibility index (Phi) is 3.25. The summed E-state index contributed by atoms with van der Waals surface area (Å²) in [4.78, 5) is 23.7. The van der Waals surface area contributed by atoms with E-state index in [1.165, 1.54) is 28.7 Å². The van der Waals surface area contributed by atoms with E-state index in [4.69, 9.17) is 5.11 Å². The third-order valence-corrected chi connectivity index (χ3v) is 4.72. The van der Waals surface area contributed by atoms with Crippen LogP contribution in [0.25, 0.3) is 10.1 Å². The Morgan fingerprint density at radius 1 is 1.15 bits per heavy atom. The van der Waals surface area contributed by atoms with Crippen LogP contribution in [-0.2, 0) is 0 Å². The number of hydrogen-bond acceptors (Lipinski definition) is 4. The number of rotatable bonds is 3. The minimum absolute atomic E-state index is 0.115. The number of carboxylic acid groups (broad SMARTS) is 1. The number of benzene rings is 1. The Labute approximate surface area is 122 Å². The molecule has 0 atom stereocenters. The van der Waals surface area contributed by atoms with Crippen LogP contribution in [0.3, 0.4) is 0 Å². The van der Waals surface area contributed by atoms with Gasteiger partial charge in [0.1, 0.15) is 5.00 Å². The summed E-state index contributed by atoms with van der Waals surface area (Å²) in [5.41, 5.74) is 0.115. The first kappa shape index (κ1) is 12.8. The molecular formula is C14H9NO3S2. The SMILES string of the molecule is O=C(Nc1sccc1C(=O)O)c1cc2ccccc2s1. The number of aromatic carboxylic acids is 1. The van der Waals surface area contributed by atoms with Crippen molar-refractivity contribution in [1.29, 1.82) is 0 Å². The van der Waals surface area contributed by atoms with E-state index in [2.05, 4.69) is 5.32 Å². The van der Waals surface area contributed by atoms with E-state index in [0.717, 1.165) is 10.1 Å². The number of amides is 1. The highest BCUT2D eigenvalue weighted by atomic mass is 32.1. The van der Waals surface area contributed by atoms with Gasteiger partial charge in [0.15, 0.2) is 0 Å². The summed E-state index contributed by atoms with van der Waals surface area (Å²) in [5.74, 6) is -1.32. The number of thiophene rings is 2. The molecule has 1 amide bonds. The highest BCUT2D eigenvalue weighted by Crippen LogP contribution is 2.28. The quantitative estimate of drug-likeness (QED) is 0.771. The zero-order valence-corrected chi connectivity index (χ0v) is 11.8. The molecule has 0 radical (unpaired) electrons. The van der Waals surface area contributed by atoms with E-state index in [9.17, 15) is 9.59 Å². The summed E-state index contributed by atoms with van der Waals surface area (Å²) in [6, 6.07) is 11.0. The summed E-state index contributed by atoms with van der Waals surface area (Å²) in [5, 5.41) is 14.7. The molecule has 0 aliphatic heterocycles. The molecule has 0 aliphatic carbocycles. The molecule has 2 aromatic heterocycles. The fraction of sp³-hybridized carbons (Fsp3) is 0. The maximum atomic E-state index is 12.2. The Balaban J connectivity index is 1.89. The third-order valence-electron chi connectivity index (χ3n) is 2.77. The van der Waals surface area contributed by atoms with Crippen molar-refractivity contribution in [2.45, 2.75) is 0 Å². The molecule has 0 aliphatic rings. The molecule has 6 heteroatoms. The third kappa shape index (κ3) is 2.31. The molecule has 100 valence electrons. The Bertz CT molecular complexity index is 770. The van der Waals surface area contributed by atoms with Crippen LogP contribution in [-0.4, -0.2) is 17.0 Å². The van der Waals surface area contributed by atoms with Crippen LogP contribution in [0.4, 0.5) is 5.00 Å². The number of hydrogen-bond donors (Lipinski definition) is 2. The summed E-state index contributed by atoms with van der Waals surface area (Å²) in [6.07, 6.45) is 0. The molecule has 2 heterocycles. The van der Waals surface area contributed by atoms with Crippen molar-refractivity contribution in [2.75, 3.05) is 5.32 Å². The first-order valence-electron chi connectivity index (χ1n) is 5.76. The molecule has 0 fully saturated rings. The number of carbonyl (C=O) groups excluding carboxylic acids is 1. The lowest BCUT2D eigenvalue weighted by Crippen LogP contribution is -2.11. The summed E-state index contributed by atoms with van der Waals surface area (Å²) in [6.45, 7) is 0. The minimum atomic E-state index is -1.04. The van der Waals surface area contributed by atoms with Crippen molar-refractivity contribution in [3.63, 3.8) is 0 Å². The lowest BCUT2D eigenvalue weighted by molar-refractivity contribution is 0.0698. The van der Waals surface area contributed by atoms with E-state index >= 15 is 0 Å². The van der Waals surface area contributed by atoms with Crippen LogP contribution in [0.1, 0.15) is 20.0 Å². The zero-order valence-electron chi connectivity index (χ0n) is 10.1. The van der Waals surface area contributed by atoms with Crippen molar-refractivity contribution < 1.29 is 14.7 Å². The van der Waals surface area contributed by atoms with Crippen LogP contribution in [0.5, 0.6) is 0 Å². The molecule has 0 saturated heterocycles. The molecule has 2 N–H and O–H groups in total. The average Bonchev–Trinajstić information content (AvgIpc) is 3.03. The Morgan fingerprint density at radius 2 is 1.95 bits per heavy atom. The van der Waals surface area contributed by atoms with Crippen molar-refractivity contribution in [3.8, 4) is 0 Å². The van der Waals surface area contributed by atoms with Gasteiger partial charge in [0, 0.05) is 4.70 Å². The Hall–Kier alpha value is -2.18. The van der Waals surface area contributed by atoms with Crippen LogP contribution < -0.4 is 5.32 Å². The molecule has 3 aromatic rings. The van der Waals surface area contributed by atoms with Crippen LogP contribution >= 0.6 is 22.7 Å². The molecule has 0 unspecified atom stereocenters. The van der Waals surface area contributed by atoms with Gasteiger partial charge in [-0.15, -0.1) is 22.7 Å². The number of nitrogens with one attached hydrogen (secondary N) is 1. The Morgan fingerprint density at radius 3 is 2.70 bits per heavy atom. The highest BCUT2D eigenvalue weighted by molar-refractivity contribution is 7.21. The second-order valence-corrected chi connectivity index (χ2v) is 6.07. The highest BCUT2D eigenvalue weighted by Gasteiger charge is 2.16. The smallest absolute Gasteiger partial charge is 0.338 e. The number of carboxylic acids is 1. The van der Waals surface area contributed by atoms with Gasteiger partial charge >= 0.3 is 5.97 Å². The van der Waals surface area contributed by atoms with Crippen molar-refractivity contribution in [3.05, 3.63) is 52.2 Å².